The van der Waals surface area contributed by atoms with Crippen LogP contribution in [-0.2, 0) is 19.6 Å². The lowest BCUT2D eigenvalue weighted by Gasteiger charge is -2.25. The van der Waals surface area contributed by atoms with Crippen LogP contribution in [-0.4, -0.2) is 43.7 Å². The summed E-state index contributed by atoms with van der Waals surface area (Å²) in [6.45, 7) is 6.56. The molecule has 2 aliphatic heterocycles. The van der Waals surface area contributed by atoms with Crippen molar-refractivity contribution in [2.24, 2.45) is 0 Å². The van der Waals surface area contributed by atoms with Crippen molar-refractivity contribution in [1.29, 1.82) is 0 Å². The minimum Gasteiger partial charge on any atom is -0.325 e. The van der Waals surface area contributed by atoms with E-state index in [1.807, 2.05) is 19.1 Å². The molecule has 2 aliphatic rings. The lowest BCUT2D eigenvalue weighted by atomic mass is 10.1. The molecule has 32 heavy (non-hydrogen) atoms. The Morgan fingerprint density at radius 2 is 1.66 bits per heavy atom. The summed E-state index contributed by atoms with van der Waals surface area (Å²) < 4.78 is 28.3. The summed E-state index contributed by atoms with van der Waals surface area (Å²) in [5.41, 5.74) is 3.79. The molecule has 0 aliphatic carbocycles. The Morgan fingerprint density at radius 1 is 1.00 bits per heavy atom. The van der Waals surface area contributed by atoms with Gasteiger partial charge >= 0.3 is 0 Å². The molecule has 0 spiro atoms. The molecule has 1 atom stereocenters. The largest absolute Gasteiger partial charge is 0.325 e. The minimum absolute atomic E-state index is 0.107. The average Bonchev–Trinajstić information content (AvgIpc) is 3.37. The average molecular weight is 456 g/mol. The van der Waals surface area contributed by atoms with Gasteiger partial charge in [0.2, 0.25) is 21.8 Å². The van der Waals surface area contributed by atoms with Crippen LogP contribution in [0.15, 0.2) is 41.3 Å². The number of nitrogens with zero attached hydrogens (tertiary/aromatic N) is 2. The fraction of sp³-hybridized carbons (Fsp3) is 0.417. The highest BCUT2D eigenvalue weighted by molar-refractivity contribution is 7.89. The first-order valence-corrected chi connectivity index (χ1v) is 12.4. The quantitative estimate of drug-likeness (QED) is 0.747. The summed E-state index contributed by atoms with van der Waals surface area (Å²) in [6.07, 6.45) is 2.53. The standard InChI is InChI=1S/C24H29N3O4S/c1-16-14-17(2)23(18(3)15-16)32(30,31)27-13-4-6-21(27)24(29)25-19-8-10-20(11-9-19)26-12-5-7-22(26)28/h8-11,14-15,21H,4-7,12-13H2,1-3H3,(H,25,29). The van der Waals surface area contributed by atoms with Gasteiger partial charge in [-0.3, -0.25) is 9.59 Å². The summed E-state index contributed by atoms with van der Waals surface area (Å²) in [6, 6.07) is 10.1. The number of carbonyl (C=O) groups excluding carboxylic acids is 2. The molecular weight excluding hydrogens is 426 g/mol. The predicted octanol–water partition coefficient (Wildman–Crippen LogP) is 3.53. The maximum atomic E-state index is 13.5. The third-order valence-electron chi connectivity index (χ3n) is 6.20. The van der Waals surface area contributed by atoms with E-state index in [1.165, 1.54) is 4.31 Å². The number of anilines is 2. The second-order valence-corrected chi connectivity index (χ2v) is 10.5. The Balaban J connectivity index is 1.52. The number of amides is 2. The SMILES string of the molecule is Cc1cc(C)c(S(=O)(=O)N2CCCC2C(=O)Nc2ccc(N3CCCC3=O)cc2)c(C)c1. The van der Waals surface area contributed by atoms with E-state index in [2.05, 4.69) is 5.32 Å². The first-order valence-electron chi connectivity index (χ1n) is 11.0. The van der Waals surface area contributed by atoms with E-state index < -0.39 is 16.1 Å². The first-order chi connectivity index (χ1) is 15.2. The van der Waals surface area contributed by atoms with Gasteiger partial charge in [-0.1, -0.05) is 17.7 Å². The number of aryl methyl sites for hydroxylation is 3. The van der Waals surface area contributed by atoms with E-state index in [4.69, 9.17) is 0 Å². The Bertz CT molecular complexity index is 1140. The molecule has 2 heterocycles. The van der Waals surface area contributed by atoms with Crippen molar-refractivity contribution >= 4 is 33.2 Å². The molecule has 8 heteroatoms. The van der Waals surface area contributed by atoms with E-state index in [0.29, 0.717) is 54.1 Å². The predicted molar refractivity (Wildman–Crippen MR) is 124 cm³/mol. The van der Waals surface area contributed by atoms with Crippen molar-refractivity contribution in [2.75, 3.05) is 23.3 Å². The Labute approximate surface area is 189 Å². The number of sulfonamides is 1. The topological polar surface area (TPSA) is 86.8 Å². The number of hydrogen-bond donors (Lipinski definition) is 1. The van der Waals surface area contributed by atoms with Crippen LogP contribution in [0.2, 0.25) is 0 Å². The van der Waals surface area contributed by atoms with E-state index in [-0.39, 0.29) is 11.8 Å². The highest BCUT2D eigenvalue weighted by Gasteiger charge is 2.40. The molecule has 2 amide bonds. The zero-order chi connectivity index (χ0) is 23.0. The van der Waals surface area contributed by atoms with Crippen LogP contribution < -0.4 is 10.2 Å². The lowest BCUT2D eigenvalue weighted by Crippen LogP contribution is -2.43. The highest BCUT2D eigenvalue weighted by atomic mass is 32.2. The molecule has 0 radical (unpaired) electrons. The second-order valence-electron chi connectivity index (χ2n) is 8.69. The van der Waals surface area contributed by atoms with E-state index in [0.717, 1.165) is 17.7 Å². The molecule has 170 valence electrons. The van der Waals surface area contributed by atoms with Gasteiger partial charge in [0.15, 0.2) is 0 Å². The van der Waals surface area contributed by atoms with Gasteiger partial charge in [-0.15, -0.1) is 0 Å². The highest BCUT2D eigenvalue weighted by Crippen LogP contribution is 2.31. The van der Waals surface area contributed by atoms with Crippen LogP contribution in [0.3, 0.4) is 0 Å². The van der Waals surface area contributed by atoms with Crippen LogP contribution in [0, 0.1) is 20.8 Å². The molecule has 2 saturated heterocycles. The zero-order valence-electron chi connectivity index (χ0n) is 18.7. The fourth-order valence-electron chi connectivity index (χ4n) is 4.85. The lowest BCUT2D eigenvalue weighted by molar-refractivity contribution is -0.119. The van der Waals surface area contributed by atoms with Gasteiger partial charge in [-0.05, 0) is 75.4 Å². The maximum Gasteiger partial charge on any atom is 0.244 e. The number of nitrogens with one attached hydrogen (secondary N) is 1. The molecule has 1 N–H and O–H groups in total. The normalized spacial score (nSPS) is 19.5. The van der Waals surface area contributed by atoms with Gasteiger partial charge in [0.05, 0.1) is 4.90 Å². The molecular formula is C24H29N3O4S. The Morgan fingerprint density at radius 3 is 2.25 bits per heavy atom. The third-order valence-corrected chi connectivity index (χ3v) is 8.41. The Hall–Kier alpha value is -2.71. The van der Waals surface area contributed by atoms with Crippen LogP contribution in [0.5, 0.6) is 0 Å². The second kappa shape index (κ2) is 8.67. The van der Waals surface area contributed by atoms with Crippen molar-refractivity contribution < 1.29 is 18.0 Å². The van der Waals surface area contributed by atoms with Gasteiger partial charge < -0.3 is 10.2 Å². The van der Waals surface area contributed by atoms with E-state index in [1.54, 1.807) is 43.0 Å². The van der Waals surface area contributed by atoms with Crippen molar-refractivity contribution in [1.82, 2.24) is 4.31 Å². The fourth-order valence-corrected chi connectivity index (χ4v) is 6.92. The molecule has 0 bridgehead atoms. The summed E-state index contributed by atoms with van der Waals surface area (Å²) in [5, 5.41) is 2.86. The van der Waals surface area contributed by atoms with Crippen LogP contribution in [0.1, 0.15) is 42.4 Å². The monoisotopic (exact) mass is 455 g/mol. The molecule has 0 aromatic heterocycles. The van der Waals surface area contributed by atoms with Crippen molar-refractivity contribution in [3.05, 3.63) is 53.1 Å². The minimum atomic E-state index is -3.80. The van der Waals surface area contributed by atoms with E-state index >= 15 is 0 Å². The Kier molecular flexibility index (Phi) is 6.09. The molecule has 0 saturated carbocycles. The summed E-state index contributed by atoms with van der Waals surface area (Å²) in [7, 11) is -3.80. The van der Waals surface area contributed by atoms with Crippen molar-refractivity contribution in [3.63, 3.8) is 0 Å². The van der Waals surface area contributed by atoms with Crippen molar-refractivity contribution in [3.8, 4) is 0 Å². The first kappa shape index (κ1) is 22.5. The summed E-state index contributed by atoms with van der Waals surface area (Å²) in [4.78, 5) is 27.0. The summed E-state index contributed by atoms with van der Waals surface area (Å²) >= 11 is 0. The third kappa shape index (κ3) is 4.17. The van der Waals surface area contributed by atoms with Crippen LogP contribution >= 0.6 is 0 Å². The molecule has 7 nitrogen and oxygen atoms in total. The molecule has 2 aromatic carbocycles. The zero-order valence-corrected chi connectivity index (χ0v) is 19.5. The summed E-state index contributed by atoms with van der Waals surface area (Å²) in [5.74, 6) is -0.228. The van der Waals surface area contributed by atoms with Gasteiger partial charge in [0, 0.05) is 30.9 Å². The molecule has 1 unspecified atom stereocenters. The molecule has 2 fully saturated rings. The van der Waals surface area contributed by atoms with Gasteiger partial charge in [0.25, 0.3) is 0 Å². The number of hydrogen-bond acceptors (Lipinski definition) is 4. The van der Waals surface area contributed by atoms with Crippen LogP contribution in [0.4, 0.5) is 11.4 Å². The number of benzene rings is 2. The van der Waals surface area contributed by atoms with Gasteiger partial charge in [-0.2, -0.15) is 4.31 Å². The van der Waals surface area contributed by atoms with Crippen LogP contribution in [0.25, 0.3) is 0 Å². The molecule has 2 aromatic rings. The maximum absolute atomic E-state index is 13.5. The number of carbonyl (C=O) groups is 2. The number of rotatable bonds is 5. The van der Waals surface area contributed by atoms with Gasteiger partial charge in [-0.25, -0.2) is 8.42 Å². The smallest absolute Gasteiger partial charge is 0.244 e. The molecule has 4 rings (SSSR count). The van der Waals surface area contributed by atoms with E-state index in [9.17, 15) is 18.0 Å². The van der Waals surface area contributed by atoms with Crippen molar-refractivity contribution in [2.45, 2.75) is 57.4 Å². The van der Waals surface area contributed by atoms with Gasteiger partial charge in [0.1, 0.15) is 6.04 Å².